The third-order valence-electron chi connectivity index (χ3n) is 3.47. The van der Waals surface area contributed by atoms with Crippen LogP contribution in [0.2, 0.25) is 0 Å². The van der Waals surface area contributed by atoms with Crippen LogP contribution < -0.4 is 15.8 Å². The molecule has 0 spiro atoms. The minimum atomic E-state index is 0.296. The van der Waals surface area contributed by atoms with Gasteiger partial charge < -0.3 is 15.8 Å². The van der Waals surface area contributed by atoms with E-state index in [2.05, 4.69) is 37.4 Å². The van der Waals surface area contributed by atoms with Gasteiger partial charge in [-0.3, -0.25) is 0 Å². The van der Waals surface area contributed by atoms with E-state index in [1.54, 1.807) is 7.11 Å². The minimum absolute atomic E-state index is 0.296. The van der Waals surface area contributed by atoms with Crippen LogP contribution in [0.4, 0.5) is 0 Å². The van der Waals surface area contributed by atoms with Gasteiger partial charge in [0.1, 0.15) is 5.75 Å². The summed E-state index contributed by atoms with van der Waals surface area (Å²) in [5.74, 6) is 1.45. The molecule has 0 fully saturated rings. The summed E-state index contributed by atoms with van der Waals surface area (Å²) in [6.07, 6.45) is 2.07. The van der Waals surface area contributed by atoms with Crippen molar-refractivity contribution in [2.45, 2.75) is 32.7 Å². The van der Waals surface area contributed by atoms with Gasteiger partial charge in [-0.05, 0) is 44.0 Å². The van der Waals surface area contributed by atoms with E-state index in [1.807, 2.05) is 7.05 Å². The third-order valence-corrected chi connectivity index (χ3v) is 3.47. The number of aryl methyl sites for hydroxylation is 1. The highest BCUT2D eigenvalue weighted by molar-refractivity contribution is 5.39. The molecular weight excluding hydrogens is 224 g/mol. The summed E-state index contributed by atoms with van der Waals surface area (Å²) in [6.45, 7) is 5.07. The second-order valence-corrected chi connectivity index (χ2v) is 4.85. The number of hydrogen-bond donors (Lipinski definition) is 2. The zero-order valence-electron chi connectivity index (χ0n) is 12.0. The summed E-state index contributed by atoms with van der Waals surface area (Å²) in [7, 11) is 3.72. The summed E-state index contributed by atoms with van der Waals surface area (Å²) in [4.78, 5) is 0. The van der Waals surface area contributed by atoms with Gasteiger partial charge in [0.2, 0.25) is 0 Å². The van der Waals surface area contributed by atoms with Crippen LogP contribution in [-0.4, -0.2) is 20.7 Å². The van der Waals surface area contributed by atoms with Gasteiger partial charge in [-0.2, -0.15) is 0 Å². The van der Waals surface area contributed by atoms with Gasteiger partial charge in [0.15, 0.2) is 0 Å². The Labute approximate surface area is 111 Å². The van der Waals surface area contributed by atoms with Crippen molar-refractivity contribution in [3.63, 3.8) is 0 Å². The molecule has 2 atom stereocenters. The lowest BCUT2D eigenvalue weighted by Gasteiger charge is -2.22. The number of benzene rings is 1. The lowest BCUT2D eigenvalue weighted by Crippen LogP contribution is -2.23. The molecule has 102 valence electrons. The van der Waals surface area contributed by atoms with E-state index < -0.39 is 0 Å². The Morgan fingerprint density at radius 3 is 2.61 bits per heavy atom. The molecule has 0 saturated heterocycles. The van der Waals surface area contributed by atoms with Crippen LogP contribution in [0.25, 0.3) is 0 Å². The quantitative estimate of drug-likeness (QED) is 0.781. The largest absolute Gasteiger partial charge is 0.496 e. The molecule has 18 heavy (non-hydrogen) atoms. The molecule has 0 amide bonds. The Morgan fingerprint density at radius 2 is 2.11 bits per heavy atom. The maximum absolute atomic E-state index is 5.72. The Kier molecular flexibility index (Phi) is 6.16. The van der Waals surface area contributed by atoms with Crippen LogP contribution in [-0.2, 0) is 6.42 Å². The third kappa shape index (κ3) is 3.72. The summed E-state index contributed by atoms with van der Waals surface area (Å²) in [5, 5.41) is 3.37. The van der Waals surface area contributed by atoms with Crippen molar-refractivity contribution in [3.05, 3.63) is 29.3 Å². The normalized spacial score (nSPS) is 14.3. The highest BCUT2D eigenvalue weighted by Crippen LogP contribution is 2.30. The molecule has 1 rings (SSSR count). The Bertz CT molecular complexity index is 366. The van der Waals surface area contributed by atoms with Crippen molar-refractivity contribution in [2.75, 3.05) is 20.7 Å². The van der Waals surface area contributed by atoms with Gasteiger partial charge in [-0.1, -0.05) is 26.0 Å². The van der Waals surface area contributed by atoms with Gasteiger partial charge in [-0.25, -0.2) is 0 Å². The van der Waals surface area contributed by atoms with E-state index in [-0.39, 0.29) is 0 Å². The average Bonchev–Trinajstić information content (AvgIpc) is 2.43. The first-order chi connectivity index (χ1) is 8.65. The first kappa shape index (κ1) is 15.0. The average molecular weight is 250 g/mol. The van der Waals surface area contributed by atoms with Gasteiger partial charge in [0, 0.05) is 11.6 Å². The first-order valence-corrected chi connectivity index (χ1v) is 6.70. The molecule has 0 bridgehead atoms. The Morgan fingerprint density at radius 1 is 1.39 bits per heavy atom. The number of methoxy groups -OCH3 is 1. The van der Waals surface area contributed by atoms with E-state index in [9.17, 15) is 0 Å². The van der Waals surface area contributed by atoms with Crippen LogP contribution in [0.3, 0.4) is 0 Å². The van der Waals surface area contributed by atoms with Crippen LogP contribution >= 0.6 is 0 Å². The molecule has 2 unspecified atom stereocenters. The molecule has 0 aromatic heterocycles. The highest BCUT2D eigenvalue weighted by atomic mass is 16.5. The SMILES string of the molecule is CCc1ccc(OC)c(C(CC(C)CN)NC)c1. The molecule has 1 aromatic rings. The second kappa shape index (κ2) is 7.39. The van der Waals surface area contributed by atoms with E-state index in [1.165, 1.54) is 11.1 Å². The lowest BCUT2D eigenvalue weighted by molar-refractivity contribution is 0.385. The van der Waals surface area contributed by atoms with Gasteiger partial charge in [-0.15, -0.1) is 0 Å². The molecule has 1 aromatic carbocycles. The second-order valence-electron chi connectivity index (χ2n) is 4.85. The number of ether oxygens (including phenoxy) is 1. The van der Waals surface area contributed by atoms with E-state index in [4.69, 9.17) is 10.5 Å². The molecule has 3 nitrogen and oxygen atoms in total. The summed E-state index contributed by atoms with van der Waals surface area (Å²) >= 11 is 0. The lowest BCUT2D eigenvalue weighted by atomic mass is 9.93. The maximum atomic E-state index is 5.72. The van der Waals surface area contributed by atoms with Gasteiger partial charge >= 0.3 is 0 Å². The zero-order valence-corrected chi connectivity index (χ0v) is 12.0. The fraction of sp³-hybridized carbons (Fsp3) is 0.600. The van der Waals surface area contributed by atoms with Crippen LogP contribution in [0, 0.1) is 5.92 Å². The van der Waals surface area contributed by atoms with Crippen LogP contribution in [0.1, 0.15) is 37.4 Å². The van der Waals surface area contributed by atoms with Gasteiger partial charge in [0.25, 0.3) is 0 Å². The maximum Gasteiger partial charge on any atom is 0.123 e. The van der Waals surface area contributed by atoms with Crippen LogP contribution in [0.15, 0.2) is 18.2 Å². The molecule has 0 radical (unpaired) electrons. The first-order valence-electron chi connectivity index (χ1n) is 6.70. The van der Waals surface area contributed by atoms with Crippen LogP contribution in [0.5, 0.6) is 5.75 Å². The summed E-state index contributed by atoms with van der Waals surface area (Å²) in [5.41, 5.74) is 8.30. The predicted molar refractivity (Wildman–Crippen MR) is 77.0 cm³/mol. The number of nitrogens with one attached hydrogen (secondary N) is 1. The summed E-state index contributed by atoms with van der Waals surface area (Å²) < 4.78 is 5.47. The van der Waals surface area contributed by atoms with Crippen molar-refractivity contribution >= 4 is 0 Å². The molecule has 0 saturated carbocycles. The minimum Gasteiger partial charge on any atom is -0.496 e. The monoisotopic (exact) mass is 250 g/mol. The number of nitrogens with two attached hydrogens (primary N) is 1. The van der Waals surface area contributed by atoms with Crippen molar-refractivity contribution in [2.24, 2.45) is 11.7 Å². The fourth-order valence-electron chi connectivity index (χ4n) is 2.17. The van der Waals surface area contributed by atoms with E-state index in [0.717, 1.165) is 18.6 Å². The molecule has 0 heterocycles. The molecule has 3 heteroatoms. The molecular formula is C15H26N2O. The Balaban J connectivity index is 3.01. The standard InChI is InChI=1S/C15H26N2O/c1-5-12-6-7-15(18-4)13(9-12)14(17-3)8-11(2)10-16/h6-7,9,11,14,17H,5,8,10,16H2,1-4H3. The van der Waals surface area contributed by atoms with Crippen molar-refractivity contribution in [1.82, 2.24) is 5.32 Å². The van der Waals surface area contributed by atoms with Gasteiger partial charge in [0.05, 0.1) is 7.11 Å². The zero-order chi connectivity index (χ0) is 13.5. The number of rotatable bonds is 7. The van der Waals surface area contributed by atoms with Crippen molar-refractivity contribution < 1.29 is 4.74 Å². The van der Waals surface area contributed by atoms with Crippen molar-refractivity contribution in [1.29, 1.82) is 0 Å². The smallest absolute Gasteiger partial charge is 0.123 e. The van der Waals surface area contributed by atoms with Crippen molar-refractivity contribution in [3.8, 4) is 5.75 Å². The highest BCUT2D eigenvalue weighted by Gasteiger charge is 2.17. The van der Waals surface area contributed by atoms with E-state index in [0.29, 0.717) is 18.5 Å². The molecule has 3 N–H and O–H groups in total. The molecule has 0 aliphatic heterocycles. The Hall–Kier alpha value is -1.06. The predicted octanol–water partition coefficient (Wildman–Crippen LogP) is 2.50. The fourth-order valence-corrected chi connectivity index (χ4v) is 2.17. The molecule has 0 aliphatic carbocycles. The number of hydrogen-bond acceptors (Lipinski definition) is 3. The topological polar surface area (TPSA) is 47.3 Å². The molecule has 0 aliphatic rings. The summed E-state index contributed by atoms with van der Waals surface area (Å²) in [6, 6.07) is 6.72. The van der Waals surface area contributed by atoms with E-state index >= 15 is 0 Å².